The zero-order valence-corrected chi connectivity index (χ0v) is 12.5. The van der Waals surface area contributed by atoms with Crippen molar-refractivity contribution < 1.29 is 13.2 Å². The predicted octanol–water partition coefficient (Wildman–Crippen LogP) is 1.37. The molecule has 0 aliphatic rings. The van der Waals surface area contributed by atoms with E-state index in [-0.39, 0.29) is 11.8 Å². The number of amides is 1. The zero-order valence-electron chi connectivity index (χ0n) is 11.7. The lowest BCUT2D eigenvalue weighted by molar-refractivity contribution is -0.117. The largest absolute Gasteiger partial charge is 0.330 e. The highest BCUT2D eigenvalue weighted by atomic mass is 32.2. The van der Waals surface area contributed by atoms with Gasteiger partial charge in [0.2, 0.25) is 15.9 Å². The van der Waals surface area contributed by atoms with Crippen molar-refractivity contribution in [2.45, 2.75) is 19.8 Å². The van der Waals surface area contributed by atoms with Gasteiger partial charge in [-0.15, -0.1) is 0 Å². The summed E-state index contributed by atoms with van der Waals surface area (Å²) in [6, 6.07) is 6.66. The van der Waals surface area contributed by atoms with Crippen molar-refractivity contribution in [3.05, 3.63) is 24.3 Å². The van der Waals surface area contributed by atoms with Crippen molar-refractivity contribution in [2.75, 3.05) is 22.8 Å². The third-order valence-corrected chi connectivity index (χ3v) is 3.47. The van der Waals surface area contributed by atoms with Crippen LogP contribution in [0.3, 0.4) is 0 Å². The summed E-state index contributed by atoms with van der Waals surface area (Å²) in [6.45, 7) is 2.43. The number of sulfonamides is 1. The first-order valence-electron chi connectivity index (χ1n) is 6.42. The van der Waals surface area contributed by atoms with Crippen LogP contribution in [0.5, 0.6) is 0 Å². The molecule has 0 fully saturated rings. The van der Waals surface area contributed by atoms with E-state index in [2.05, 4.69) is 10.0 Å². The second kappa shape index (κ2) is 7.25. The van der Waals surface area contributed by atoms with Gasteiger partial charge in [0.15, 0.2) is 0 Å². The van der Waals surface area contributed by atoms with Gasteiger partial charge in [0.05, 0.1) is 17.6 Å². The zero-order chi connectivity index (χ0) is 15.2. The van der Waals surface area contributed by atoms with E-state index >= 15 is 0 Å². The number of hydrogen-bond acceptors (Lipinski definition) is 4. The van der Waals surface area contributed by atoms with Crippen molar-refractivity contribution >= 4 is 27.3 Å². The minimum Gasteiger partial charge on any atom is -0.330 e. The van der Waals surface area contributed by atoms with E-state index in [9.17, 15) is 13.2 Å². The summed E-state index contributed by atoms with van der Waals surface area (Å²) in [5, 5.41) is 2.71. The lowest BCUT2D eigenvalue weighted by Gasteiger charge is -2.14. The van der Waals surface area contributed by atoms with Gasteiger partial charge in [-0.1, -0.05) is 25.5 Å². The summed E-state index contributed by atoms with van der Waals surface area (Å²) in [5.41, 5.74) is 6.36. The maximum Gasteiger partial charge on any atom is 0.229 e. The van der Waals surface area contributed by atoms with E-state index < -0.39 is 10.0 Å². The molecule has 20 heavy (non-hydrogen) atoms. The molecule has 1 rings (SSSR count). The van der Waals surface area contributed by atoms with Crippen LogP contribution in [0, 0.1) is 5.92 Å². The summed E-state index contributed by atoms with van der Waals surface area (Å²) in [7, 11) is -3.39. The van der Waals surface area contributed by atoms with E-state index in [0.717, 1.165) is 12.7 Å². The molecular formula is C13H21N3O3S. The molecule has 112 valence electrons. The molecule has 0 aromatic heterocycles. The fraction of sp³-hybridized carbons (Fsp3) is 0.462. The van der Waals surface area contributed by atoms with Gasteiger partial charge in [0.25, 0.3) is 0 Å². The summed E-state index contributed by atoms with van der Waals surface area (Å²) < 4.78 is 24.9. The number of benzene rings is 1. The molecule has 7 heteroatoms. The predicted molar refractivity (Wildman–Crippen MR) is 81.0 cm³/mol. The van der Waals surface area contributed by atoms with Crippen LogP contribution in [0.2, 0.25) is 0 Å². The molecule has 4 N–H and O–H groups in total. The maximum absolute atomic E-state index is 11.9. The molecule has 0 radical (unpaired) electrons. The molecule has 0 spiro atoms. The van der Waals surface area contributed by atoms with Gasteiger partial charge in [0, 0.05) is 6.42 Å². The number of nitrogens with two attached hydrogens (primary N) is 1. The molecule has 0 saturated heterocycles. The van der Waals surface area contributed by atoms with E-state index in [1.54, 1.807) is 24.3 Å². The van der Waals surface area contributed by atoms with Crippen LogP contribution < -0.4 is 15.8 Å². The topological polar surface area (TPSA) is 101 Å². The molecule has 6 nitrogen and oxygen atoms in total. The molecule has 0 heterocycles. The van der Waals surface area contributed by atoms with Crippen LogP contribution >= 0.6 is 0 Å². The number of nitrogens with one attached hydrogen (secondary N) is 2. The second-order valence-electron chi connectivity index (χ2n) is 4.68. The summed E-state index contributed by atoms with van der Waals surface area (Å²) >= 11 is 0. The Morgan fingerprint density at radius 3 is 2.40 bits per heavy atom. The van der Waals surface area contributed by atoms with Crippen LogP contribution in [0.1, 0.15) is 19.8 Å². The Morgan fingerprint density at radius 1 is 1.30 bits per heavy atom. The molecule has 0 saturated carbocycles. The smallest absolute Gasteiger partial charge is 0.229 e. The molecule has 1 aromatic rings. The SMILES string of the molecule is CCC(CN)CC(=O)Nc1ccccc1NS(C)(=O)=O. The van der Waals surface area contributed by atoms with Crippen molar-refractivity contribution in [2.24, 2.45) is 11.7 Å². The van der Waals surface area contributed by atoms with Gasteiger partial charge < -0.3 is 11.1 Å². The van der Waals surface area contributed by atoms with Crippen molar-refractivity contribution in [1.82, 2.24) is 0 Å². The number of carbonyl (C=O) groups excluding carboxylic acids is 1. The average Bonchev–Trinajstić information content (AvgIpc) is 2.36. The molecule has 0 bridgehead atoms. The standard InChI is InChI=1S/C13H21N3O3S/c1-3-10(9-14)8-13(17)15-11-6-4-5-7-12(11)16-20(2,18)19/h4-7,10,16H,3,8-9,14H2,1-2H3,(H,15,17). The Labute approximate surface area is 119 Å². The van der Waals surface area contributed by atoms with E-state index in [0.29, 0.717) is 24.3 Å². The number of para-hydroxylation sites is 2. The Hall–Kier alpha value is -1.60. The normalized spacial score (nSPS) is 12.8. The molecule has 1 unspecified atom stereocenters. The van der Waals surface area contributed by atoms with Gasteiger partial charge in [-0.3, -0.25) is 9.52 Å². The van der Waals surface area contributed by atoms with Gasteiger partial charge in [-0.2, -0.15) is 0 Å². The molecular weight excluding hydrogens is 278 g/mol. The Morgan fingerprint density at radius 2 is 1.90 bits per heavy atom. The third kappa shape index (κ3) is 5.58. The number of anilines is 2. The van der Waals surface area contributed by atoms with Gasteiger partial charge in [-0.25, -0.2) is 8.42 Å². The minimum atomic E-state index is -3.39. The lowest BCUT2D eigenvalue weighted by Crippen LogP contribution is -2.22. The van der Waals surface area contributed by atoms with Crippen molar-refractivity contribution in [3.63, 3.8) is 0 Å². The molecule has 1 atom stereocenters. The highest BCUT2D eigenvalue weighted by Crippen LogP contribution is 2.22. The highest BCUT2D eigenvalue weighted by molar-refractivity contribution is 7.92. The molecule has 1 aromatic carbocycles. The van der Waals surface area contributed by atoms with Crippen LogP contribution in [-0.2, 0) is 14.8 Å². The summed E-state index contributed by atoms with van der Waals surface area (Å²) in [6.07, 6.45) is 2.21. The average molecular weight is 299 g/mol. The van der Waals surface area contributed by atoms with Gasteiger partial charge in [0.1, 0.15) is 0 Å². The minimum absolute atomic E-state index is 0.130. The molecule has 0 aliphatic heterocycles. The number of hydrogen-bond donors (Lipinski definition) is 3. The summed E-state index contributed by atoms with van der Waals surface area (Å²) in [4.78, 5) is 11.9. The Balaban J connectivity index is 2.79. The van der Waals surface area contributed by atoms with E-state index in [1.165, 1.54) is 0 Å². The van der Waals surface area contributed by atoms with Gasteiger partial charge >= 0.3 is 0 Å². The maximum atomic E-state index is 11.9. The van der Waals surface area contributed by atoms with Crippen LogP contribution in [0.15, 0.2) is 24.3 Å². The van der Waals surface area contributed by atoms with Gasteiger partial charge in [-0.05, 0) is 24.6 Å². The molecule has 1 amide bonds. The Bertz CT molecular complexity index is 554. The Kier molecular flexibility index (Phi) is 5.97. The van der Waals surface area contributed by atoms with Crippen LogP contribution in [-0.4, -0.2) is 27.1 Å². The number of rotatable bonds is 7. The third-order valence-electron chi connectivity index (χ3n) is 2.88. The number of carbonyl (C=O) groups is 1. The van der Waals surface area contributed by atoms with Crippen molar-refractivity contribution in [1.29, 1.82) is 0 Å². The monoisotopic (exact) mass is 299 g/mol. The first-order valence-corrected chi connectivity index (χ1v) is 8.31. The fourth-order valence-corrected chi connectivity index (χ4v) is 2.32. The first-order chi connectivity index (χ1) is 9.35. The lowest BCUT2D eigenvalue weighted by atomic mass is 10.0. The van der Waals surface area contributed by atoms with Crippen LogP contribution in [0.4, 0.5) is 11.4 Å². The highest BCUT2D eigenvalue weighted by Gasteiger charge is 2.13. The molecule has 0 aliphatic carbocycles. The summed E-state index contributed by atoms with van der Waals surface area (Å²) in [5.74, 6) is -0.0462. The second-order valence-corrected chi connectivity index (χ2v) is 6.43. The van der Waals surface area contributed by atoms with E-state index in [1.807, 2.05) is 6.92 Å². The first kappa shape index (κ1) is 16.5. The van der Waals surface area contributed by atoms with E-state index in [4.69, 9.17) is 5.73 Å². The fourth-order valence-electron chi connectivity index (χ4n) is 1.74. The quantitative estimate of drug-likeness (QED) is 0.707. The van der Waals surface area contributed by atoms with Crippen LogP contribution in [0.25, 0.3) is 0 Å². The van der Waals surface area contributed by atoms with Crippen molar-refractivity contribution in [3.8, 4) is 0 Å².